The van der Waals surface area contributed by atoms with Crippen LogP contribution in [0, 0.1) is 31.1 Å². The van der Waals surface area contributed by atoms with Crippen LogP contribution in [-0.2, 0) is 9.59 Å². The fourth-order valence-electron chi connectivity index (χ4n) is 2.29. The third-order valence-corrected chi connectivity index (χ3v) is 3.70. The van der Waals surface area contributed by atoms with Crippen molar-refractivity contribution in [1.82, 2.24) is 15.2 Å². The summed E-state index contributed by atoms with van der Waals surface area (Å²) in [5, 5.41) is 19.2. The standard InChI is InChI=1S/C12H16N4O3/c1-5-6(2)15-16-11(13-5)14-9(17)7-8(10(18)19)12(7,3)4/h7-8H,1-4H3,(H,18,19)(H,13,14,16,17)/t7-,8+/m1/s1. The quantitative estimate of drug-likeness (QED) is 0.836. The predicted molar refractivity (Wildman–Crippen MR) is 66.3 cm³/mol. The molecule has 0 aromatic carbocycles. The van der Waals surface area contributed by atoms with Crippen molar-refractivity contribution < 1.29 is 14.7 Å². The molecule has 7 nitrogen and oxygen atoms in total. The Labute approximate surface area is 110 Å². The zero-order valence-corrected chi connectivity index (χ0v) is 11.3. The molecule has 0 spiro atoms. The zero-order valence-electron chi connectivity index (χ0n) is 11.3. The van der Waals surface area contributed by atoms with Crippen molar-refractivity contribution in [3.8, 4) is 0 Å². The number of anilines is 1. The van der Waals surface area contributed by atoms with Gasteiger partial charge < -0.3 is 5.11 Å². The van der Waals surface area contributed by atoms with E-state index < -0.39 is 23.2 Å². The first-order valence-electron chi connectivity index (χ1n) is 5.96. The lowest BCUT2D eigenvalue weighted by molar-refractivity contribution is -0.140. The minimum Gasteiger partial charge on any atom is -0.481 e. The van der Waals surface area contributed by atoms with Crippen molar-refractivity contribution in [2.24, 2.45) is 17.3 Å². The van der Waals surface area contributed by atoms with Crippen LogP contribution in [-0.4, -0.2) is 32.2 Å². The van der Waals surface area contributed by atoms with Gasteiger partial charge in [-0.15, -0.1) is 5.10 Å². The van der Waals surface area contributed by atoms with E-state index in [4.69, 9.17) is 5.11 Å². The fourth-order valence-corrected chi connectivity index (χ4v) is 2.29. The summed E-state index contributed by atoms with van der Waals surface area (Å²) < 4.78 is 0. The molecule has 102 valence electrons. The first kappa shape index (κ1) is 13.4. The van der Waals surface area contributed by atoms with E-state index in [0.717, 1.165) is 0 Å². The Morgan fingerprint density at radius 2 is 1.79 bits per heavy atom. The molecule has 1 heterocycles. The molecule has 2 atom stereocenters. The van der Waals surface area contributed by atoms with Gasteiger partial charge in [0.05, 0.1) is 23.2 Å². The maximum atomic E-state index is 12.0. The van der Waals surface area contributed by atoms with Gasteiger partial charge in [-0.05, 0) is 19.3 Å². The van der Waals surface area contributed by atoms with Crippen molar-refractivity contribution in [3.63, 3.8) is 0 Å². The van der Waals surface area contributed by atoms with Crippen molar-refractivity contribution >= 4 is 17.8 Å². The molecule has 1 saturated carbocycles. The maximum absolute atomic E-state index is 12.0. The molecule has 1 aromatic rings. The number of aryl methyl sites for hydroxylation is 2. The highest BCUT2D eigenvalue weighted by Gasteiger charge is 2.66. The molecule has 0 bridgehead atoms. The van der Waals surface area contributed by atoms with E-state index in [1.165, 1.54) is 0 Å². The van der Waals surface area contributed by atoms with Gasteiger partial charge in [0.1, 0.15) is 0 Å². The average Bonchev–Trinajstić information content (AvgIpc) is 2.87. The summed E-state index contributed by atoms with van der Waals surface area (Å²) in [6.45, 7) is 7.05. The van der Waals surface area contributed by atoms with Gasteiger partial charge in [0.2, 0.25) is 11.9 Å². The molecular formula is C12H16N4O3. The second kappa shape index (κ2) is 4.25. The third kappa shape index (κ3) is 2.27. The van der Waals surface area contributed by atoms with Crippen LogP contribution in [0.25, 0.3) is 0 Å². The zero-order chi connectivity index (χ0) is 14.4. The van der Waals surface area contributed by atoms with Crippen LogP contribution >= 0.6 is 0 Å². The Hall–Kier alpha value is -2.05. The predicted octanol–water partition coefficient (Wildman–Crippen LogP) is 0.784. The molecule has 1 aliphatic rings. The molecule has 1 aromatic heterocycles. The van der Waals surface area contributed by atoms with Crippen LogP contribution in [0.4, 0.5) is 5.95 Å². The molecular weight excluding hydrogens is 248 g/mol. The molecule has 1 aliphatic carbocycles. The lowest BCUT2D eigenvalue weighted by atomic mass is 10.1. The summed E-state index contributed by atoms with van der Waals surface area (Å²) in [4.78, 5) is 27.1. The van der Waals surface area contributed by atoms with Gasteiger partial charge in [-0.3, -0.25) is 14.9 Å². The van der Waals surface area contributed by atoms with Crippen LogP contribution in [0.2, 0.25) is 0 Å². The highest BCUT2D eigenvalue weighted by atomic mass is 16.4. The summed E-state index contributed by atoms with van der Waals surface area (Å²) in [5.74, 6) is -2.44. The Kier molecular flexibility index (Phi) is 3.00. The number of nitrogens with zero attached hydrogens (tertiary/aromatic N) is 3. The second-order valence-electron chi connectivity index (χ2n) is 5.41. The molecule has 1 amide bonds. The molecule has 0 radical (unpaired) electrons. The van der Waals surface area contributed by atoms with Crippen LogP contribution in [0.15, 0.2) is 0 Å². The molecule has 19 heavy (non-hydrogen) atoms. The van der Waals surface area contributed by atoms with Crippen LogP contribution < -0.4 is 5.32 Å². The van der Waals surface area contributed by atoms with Crippen LogP contribution in [0.3, 0.4) is 0 Å². The largest absolute Gasteiger partial charge is 0.481 e. The number of amides is 1. The first-order valence-corrected chi connectivity index (χ1v) is 5.96. The number of carboxylic acids is 1. The van der Waals surface area contributed by atoms with Crippen LogP contribution in [0.1, 0.15) is 25.2 Å². The minimum atomic E-state index is -0.954. The summed E-state index contributed by atoms with van der Waals surface area (Å²) >= 11 is 0. The van der Waals surface area contributed by atoms with Gasteiger partial charge in [0, 0.05) is 0 Å². The highest BCUT2D eigenvalue weighted by molar-refractivity contribution is 5.98. The van der Waals surface area contributed by atoms with Crippen molar-refractivity contribution in [1.29, 1.82) is 0 Å². The molecule has 0 aliphatic heterocycles. The summed E-state index contributed by atoms with van der Waals surface area (Å²) in [7, 11) is 0. The molecule has 0 unspecified atom stereocenters. The lowest BCUT2D eigenvalue weighted by Gasteiger charge is -2.05. The molecule has 7 heteroatoms. The topological polar surface area (TPSA) is 105 Å². The number of carboxylic acid groups (broad SMARTS) is 1. The van der Waals surface area contributed by atoms with Crippen molar-refractivity contribution in [3.05, 3.63) is 11.4 Å². The van der Waals surface area contributed by atoms with Gasteiger partial charge >= 0.3 is 5.97 Å². The maximum Gasteiger partial charge on any atom is 0.307 e. The van der Waals surface area contributed by atoms with Gasteiger partial charge in [0.25, 0.3) is 0 Å². The van der Waals surface area contributed by atoms with Gasteiger partial charge in [-0.2, -0.15) is 5.10 Å². The van der Waals surface area contributed by atoms with Crippen molar-refractivity contribution in [2.75, 3.05) is 5.32 Å². The average molecular weight is 264 g/mol. The van der Waals surface area contributed by atoms with E-state index in [0.29, 0.717) is 11.4 Å². The second-order valence-corrected chi connectivity index (χ2v) is 5.41. The first-order chi connectivity index (χ1) is 8.75. The van der Waals surface area contributed by atoms with Gasteiger partial charge in [-0.1, -0.05) is 13.8 Å². The van der Waals surface area contributed by atoms with E-state index in [2.05, 4.69) is 20.5 Å². The Morgan fingerprint density at radius 1 is 1.16 bits per heavy atom. The number of nitrogens with one attached hydrogen (secondary N) is 1. The number of aromatic nitrogens is 3. The number of rotatable bonds is 3. The Bertz CT molecular complexity index is 556. The smallest absolute Gasteiger partial charge is 0.307 e. The van der Waals surface area contributed by atoms with E-state index in [1.54, 1.807) is 27.7 Å². The number of aliphatic carboxylic acids is 1. The third-order valence-electron chi connectivity index (χ3n) is 3.70. The van der Waals surface area contributed by atoms with Gasteiger partial charge in [0.15, 0.2) is 0 Å². The number of hydrogen-bond donors (Lipinski definition) is 2. The summed E-state index contributed by atoms with van der Waals surface area (Å²) in [6.07, 6.45) is 0. The highest BCUT2D eigenvalue weighted by Crippen LogP contribution is 2.58. The van der Waals surface area contributed by atoms with E-state index in [1.807, 2.05) is 0 Å². The lowest BCUT2D eigenvalue weighted by Crippen LogP contribution is -2.20. The Morgan fingerprint density at radius 3 is 2.26 bits per heavy atom. The number of carbonyl (C=O) groups excluding carboxylic acids is 1. The van der Waals surface area contributed by atoms with E-state index >= 15 is 0 Å². The Balaban J connectivity index is 2.10. The van der Waals surface area contributed by atoms with Crippen molar-refractivity contribution in [2.45, 2.75) is 27.7 Å². The molecule has 2 N–H and O–H groups in total. The minimum absolute atomic E-state index is 0.111. The van der Waals surface area contributed by atoms with E-state index in [-0.39, 0.29) is 11.9 Å². The molecule has 2 rings (SSSR count). The van der Waals surface area contributed by atoms with Crippen LogP contribution in [0.5, 0.6) is 0 Å². The number of carbonyl (C=O) groups is 2. The fraction of sp³-hybridized carbons (Fsp3) is 0.583. The summed E-state index contributed by atoms with van der Waals surface area (Å²) in [5.41, 5.74) is 0.826. The van der Waals surface area contributed by atoms with E-state index in [9.17, 15) is 9.59 Å². The molecule has 0 saturated heterocycles. The monoisotopic (exact) mass is 264 g/mol. The summed E-state index contributed by atoms with van der Waals surface area (Å²) in [6, 6.07) is 0. The number of hydrogen-bond acceptors (Lipinski definition) is 5. The normalized spacial score (nSPS) is 23.8. The molecule has 1 fully saturated rings. The SMILES string of the molecule is Cc1nnc(NC(=O)[C@H]2[C@@H](C(=O)O)C2(C)C)nc1C. The van der Waals surface area contributed by atoms with Gasteiger partial charge in [-0.25, -0.2) is 4.98 Å².